The average molecular weight is 278 g/mol. The van der Waals surface area contributed by atoms with Crippen LogP contribution in [0.1, 0.15) is 13.8 Å². The van der Waals surface area contributed by atoms with Crippen molar-refractivity contribution in [1.29, 1.82) is 0 Å². The van der Waals surface area contributed by atoms with Crippen LogP contribution in [0.2, 0.25) is 0 Å². The third kappa shape index (κ3) is 31.4. The van der Waals surface area contributed by atoms with Gasteiger partial charge in [-0.05, 0) is 26.0 Å². The van der Waals surface area contributed by atoms with Crippen molar-refractivity contribution in [2.24, 2.45) is 0 Å². The number of carboxylic acid groups (broad SMARTS) is 2. The van der Waals surface area contributed by atoms with E-state index in [0.717, 1.165) is 12.2 Å². The molecule has 0 bridgehead atoms. The Morgan fingerprint density at radius 2 is 1.06 bits per heavy atom. The molecule has 5 heteroatoms. The fourth-order valence-electron chi connectivity index (χ4n) is 0.490. The van der Waals surface area contributed by atoms with Gasteiger partial charge in [0.1, 0.15) is 0 Å². The first-order valence-electron chi connectivity index (χ1n) is 4.55. The third-order valence-electron chi connectivity index (χ3n) is 1.07. The van der Waals surface area contributed by atoms with Gasteiger partial charge in [-0.2, -0.15) is 0 Å². The van der Waals surface area contributed by atoms with Crippen LogP contribution in [0.4, 0.5) is 0 Å². The Hall–Kier alpha value is -1.58. The molecule has 0 rings (SSSR count). The number of hydrogen-bond acceptors (Lipinski definition) is 4. The molecule has 0 unspecified atom stereocenters. The minimum absolute atomic E-state index is 0. The van der Waals surface area contributed by atoms with Crippen LogP contribution in [0.5, 0.6) is 0 Å². The van der Waals surface area contributed by atoms with Crippen LogP contribution in [0.15, 0.2) is 48.6 Å². The summed E-state index contributed by atoms with van der Waals surface area (Å²) < 4.78 is 0. The maximum atomic E-state index is 9.64. The number of carbonyl (C=O) groups is 2. The van der Waals surface area contributed by atoms with Crippen molar-refractivity contribution in [3.05, 3.63) is 48.6 Å². The summed E-state index contributed by atoms with van der Waals surface area (Å²) in [4.78, 5) is 19.3. The molecule has 0 amide bonds. The number of carbonyl (C=O) groups excluding carboxylic acids is 2. The monoisotopic (exact) mass is 278 g/mol. The van der Waals surface area contributed by atoms with Crippen molar-refractivity contribution < 1.29 is 36.9 Å². The Labute approximate surface area is 112 Å². The molecule has 0 radical (unpaired) electrons. The van der Waals surface area contributed by atoms with Crippen molar-refractivity contribution >= 4 is 11.9 Å². The van der Waals surface area contributed by atoms with Crippen LogP contribution in [-0.2, 0) is 26.7 Å². The summed E-state index contributed by atoms with van der Waals surface area (Å²) in [6, 6.07) is 0. The molecule has 0 fully saturated rings. The minimum atomic E-state index is -1.16. The zero-order valence-electron chi connectivity index (χ0n) is 9.61. The molecule has 0 saturated carbocycles. The molecule has 0 spiro atoms. The molecule has 0 aromatic carbocycles. The number of rotatable bonds is 4. The Bertz CT molecular complexity index is 282. The van der Waals surface area contributed by atoms with Crippen LogP contribution < -0.4 is 10.2 Å². The first-order valence-corrected chi connectivity index (χ1v) is 4.55. The summed E-state index contributed by atoms with van der Waals surface area (Å²) in [5.41, 5.74) is 0. The predicted octanol–water partition coefficient (Wildman–Crippen LogP) is -0.265. The number of hydrogen-bond donors (Lipinski definition) is 0. The van der Waals surface area contributed by atoms with Crippen molar-refractivity contribution in [3.8, 4) is 0 Å². The minimum Gasteiger partial charge on any atom is -0.545 e. The average Bonchev–Trinajstić information content (AvgIpc) is 2.18. The van der Waals surface area contributed by atoms with E-state index >= 15 is 0 Å². The van der Waals surface area contributed by atoms with Crippen molar-refractivity contribution in [3.63, 3.8) is 0 Å². The summed E-state index contributed by atoms with van der Waals surface area (Å²) in [7, 11) is 0. The van der Waals surface area contributed by atoms with Crippen molar-refractivity contribution in [2.75, 3.05) is 0 Å². The van der Waals surface area contributed by atoms with Gasteiger partial charge in [0.25, 0.3) is 0 Å². The van der Waals surface area contributed by atoms with E-state index in [1.807, 2.05) is 0 Å². The van der Waals surface area contributed by atoms with Crippen LogP contribution >= 0.6 is 0 Å². The van der Waals surface area contributed by atoms with Crippen molar-refractivity contribution in [2.45, 2.75) is 13.8 Å². The molecule has 0 heterocycles. The molecule has 0 atom stereocenters. The predicted molar refractivity (Wildman–Crippen MR) is 57.9 cm³/mol. The Morgan fingerprint density at radius 1 is 0.765 bits per heavy atom. The summed E-state index contributed by atoms with van der Waals surface area (Å²) in [6.07, 6.45) is 11.5. The van der Waals surface area contributed by atoms with Gasteiger partial charge in [-0.3, -0.25) is 0 Å². The van der Waals surface area contributed by atoms with Gasteiger partial charge in [0.2, 0.25) is 0 Å². The van der Waals surface area contributed by atoms with Gasteiger partial charge in [-0.1, -0.05) is 36.5 Å². The molecule has 0 aliphatic carbocycles. The van der Waals surface area contributed by atoms with E-state index in [-0.39, 0.29) is 17.1 Å². The Morgan fingerprint density at radius 3 is 1.24 bits per heavy atom. The maximum Gasteiger partial charge on any atom is 2.00 e. The standard InChI is InChI=1S/2C6H8O2.Fe/c2*1-2-3-4-5-6(7)8;/h2*2-5H,1H3,(H,7,8);/q;;+2/p-2. The smallest absolute Gasteiger partial charge is 0.545 e. The molecule has 0 aliphatic rings. The first kappa shape index (κ1) is 20.8. The van der Waals surface area contributed by atoms with Gasteiger partial charge in [0, 0.05) is 0 Å². The van der Waals surface area contributed by atoms with Gasteiger partial charge in [-0.25, -0.2) is 0 Å². The zero-order chi connectivity index (χ0) is 12.8. The molecular weight excluding hydrogens is 264 g/mol. The second-order valence-corrected chi connectivity index (χ2v) is 2.41. The molecule has 0 aromatic rings. The second kappa shape index (κ2) is 16.8. The quantitative estimate of drug-likeness (QED) is 0.403. The molecule has 94 valence electrons. The van der Waals surface area contributed by atoms with Gasteiger partial charge in [0.05, 0.1) is 11.9 Å². The molecular formula is C12H14FeO4. The number of allylic oxidation sites excluding steroid dienone is 6. The topological polar surface area (TPSA) is 80.3 Å². The summed E-state index contributed by atoms with van der Waals surface area (Å²) >= 11 is 0. The van der Waals surface area contributed by atoms with Crippen LogP contribution in [0.3, 0.4) is 0 Å². The molecule has 4 nitrogen and oxygen atoms in total. The SMILES string of the molecule is CC=CC=CC(=O)[O-].CC=CC=CC(=O)[O-].[Fe+2]. The molecule has 0 saturated heterocycles. The van der Waals surface area contributed by atoms with Crippen LogP contribution in [-0.4, -0.2) is 11.9 Å². The fraction of sp³-hybridized carbons (Fsp3) is 0.167. The summed E-state index contributed by atoms with van der Waals surface area (Å²) in [5.74, 6) is -2.33. The second-order valence-electron chi connectivity index (χ2n) is 2.41. The Balaban J connectivity index is -0.000000218. The number of aliphatic carboxylic acids is 2. The molecule has 0 aromatic heterocycles. The van der Waals surface area contributed by atoms with E-state index in [1.54, 1.807) is 38.2 Å². The van der Waals surface area contributed by atoms with E-state index < -0.39 is 11.9 Å². The maximum absolute atomic E-state index is 9.64. The van der Waals surface area contributed by atoms with Gasteiger partial charge < -0.3 is 19.8 Å². The molecule has 17 heavy (non-hydrogen) atoms. The van der Waals surface area contributed by atoms with Gasteiger partial charge >= 0.3 is 17.1 Å². The van der Waals surface area contributed by atoms with Gasteiger partial charge in [0.15, 0.2) is 0 Å². The number of carboxylic acids is 2. The van der Waals surface area contributed by atoms with Crippen LogP contribution in [0, 0.1) is 0 Å². The third-order valence-corrected chi connectivity index (χ3v) is 1.07. The van der Waals surface area contributed by atoms with Crippen LogP contribution in [0.25, 0.3) is 0 Å². The van der Waals surface area contributed by atoms with E-state index in [9.17, 15) is 19.8 Å². The normalized spacial score (nSPS) is 10.5. The molecule has 0 aliphatic heterocycles. The zero-order valence-corrected chi connectivity index (χ0v) is 10.7. The van der Waals surface area contributed by atoms with E-state index in [0.29, 0.717) is 0 Å². The largest absolute Gasteiger partial charge is 2.00 e. The van der Waals surface area contributed by atoms with E-state index in [2.05, 4.69) is 0 Å². The van der Waals surface area contributed by atoms with Crippen molar-refractivity contribution in [1.82, 2.24) is 0 Å². The fourth-order valence-corrected chi connectivity index (χ4v) is 0.490. The van der Waals surface area contributed by atoms with E-state index in [1.165, 1.54) is 12.2 Å². The Kier molecular flexibility index (Phi) is 20.6. The van der Waals surface area contributed by atoms with Gasteiger partial charge in [-0.15, -0.1) is 0 Å². The summed E-state index contributed by atoms with van der Waals surface area (Å²) in [6.45, 7) is 3.61. The molecule has 0 N–H and O–H groups in total. The van der Waals surface area contributed by atoms with E-state index in [4.69, 9.17) is 0 Å². The first-order chi connectivity index (χ1) is 7.54. The summed E-state index contributed by atoms with van der Waals surface area (Å²) in [5, 5.41) is 19.3.